The van der Waals surface area contributed by atoms with E-state index in [0.717, 1.165) is 25.8 Å². The van der Waals surface area contributed by atoms with E-state index in [1.807, 2.05) is 24.3 Å². The number of anilines is 1. The fourth-order valence-electron chi connectivity index (χ4n) is 1.73. The lowest BCUT2D eigenvalue weighted by Gasteiger charge is -2.01. The lowest BCUT2D eigenvalue weighted by molar-refractivity contribution is 1.29. The van der Waals surface area contributed by atoms with Crippen molar-refractivity contribution in [3.05, 3.63) is 39.4 Å². The molecular weight excluding hydrogens is 360 g/mol. The zero-order chi connectivity index (χ0) is 12.7. The summed E-state index contributed by atoms with van der Waals surface area (Å²) in [6, 6.07) is 7.56. The molecule has 0 aliphatic heterocycles. The maximum atomic E-state index is 5.80. The molecule has 2 heterocycles. The average Bonchev–Trinajstić information content (AvgIpc) is 2.74. The number of H-pyrrole nitrogens is 1. The van der Waals surface area contributed by atoms with Crippen LogP contribution in [0, 0.1) is 0 Å². The molecule has 3 N–H and O–H groups in total. The summed E-state index contributed by atoms with van der Waals surface area (Å²) in [5.41, 5.74) is 8.98. The largest absolute Gasteiger partial charge is 0.399 e. The minimum Gasteiger partial charge on any atom is -0.399 e. The number of aromatic amines is 1. The molecule has 6 heteroatoms. The molecule has 3 aromatic rings. The van der Waals surface area contributed by atoms with Gasteiger partial charge in [0.2, 0.25) is 0 Å². The van der Waals surface area contributed by atoms with Gasteiger partial charge in [-0.2, -0.15) is 0 Å². The lowest BCUT2D eigenvalue weighted by Crippen LogP contribution is -1.88. The summed E-state index contributed by atoms with van der Waals surface area (Å²) in [6.45, 7) is 0. The van der Waals surface area contributed by atoms with Crippen molar-refractivity contribution in [2.75, 3.05) is 5.73 Å². The number of aromatic nitrogens is 3. The molecule has 0 aliphatic rings. The molecule has 0 saturated heterocycles. The average molecular weight is 368 g/mol. The zero-order valence-corrected chi connectivity index (χ0v) is 12.3. The van der Waals surface area contributed by atoms with Crippen molar-refractivity contribution in [2.45, 2.75) is 0 Å². The molecule has 4 nitrogen and oxygen atoms in total. The summed E-state index contributed by atoms with van der Waals surface area (Å²) in [5, 5.41) is 0. The maximum absolute atomic E-state index is 5.80. The van der Waals surface area contributed by atoms with Crippen LogP contribution in [0.2, 0.25) is 0 Å². The van der Waals surface area contributed by atoms with Gasteiger partial charge in [0.1, 0.15) is 5.82 Å². The summed E-state index contributed by atoms with van der Waals surface area (Å²) in [4.78, 5) is 11.9. The lowest BCUT2D eigenvalue weighted by atomic mass is 10.2. The van der Waals surface area contributed by atoms with E-state index in [1.165, 1.54) is 0 Å². The van der Waals surface area contributed by atoms with E-state index < -0.39 is 0 Å². The summed E-state index contributed by atoms with van der Waals surface area (Å²) in [7, 11) is 0. The molecule has 0 radical (unpaired) electrons. The number of benzene rings is 1. The van der Waals surface area contributed by atoms with Crippen LogP contribution in [0.3, 0.4) is 0 Å². The van der Waals surface area contributed by atoms with E-state index in [9.17, 15) is 0 Å². The molecule has 0 saturated carbocycles. The van der Waals surface area contributed by atoms with Gasteiger partial charge in [0.15, 0.2) is 5.65 Å². The van der Waals surface area contributed by atoms with Crippen LogP contribution in [0.25, 0.3) is 22.6 Å². The van der Waals surface area contributed by atoms with Crippen molar-refractivity contribution in [3.63, 3.8) is 0 Å². The molecule has 18 heavy (non-hydrogen) atoms. The smallest absolute Gasteiger partial charge is 0.178 e. The van der Waals surface area contributed by atoms with Crippen molar-refractivity contribution in [2.24, 2.45) is 0 Å². The number of rotatable bonds is 1. The van der Waals surface area contributed by atoms with E-state index in [0.29, 0.717) is 11.3 Å². The van der Waals surface area contributed by atoms with E-state index in [1.54, 1.807) is 6.20 Å². The molecular formula is C12H8Br2N4. The van der Waals surface area contributed by atoms with Gasteiger partial charge in [-0.15, -0.1) is 0 Å². The van der Waals surface area contributed by atoms with Crippen molar-refractivity contribution in [3.8, 4) is 11.4 Å². The monoisotopic (exact) mass is 366 g/mol. The summed E-state index contributed by atoms with van der Waals surface area (Å²) < 4.78 is 1.85. The second-order valence-corrected chi connectivity index (χ2v) is 5.62. The van der Waals surface area contributed by atoms with Crippen LogP contribution in [0.15, 0.2) is 39.4 Å². The van der Waals surface area contributed by atoms with E-state index in [2.05, 4.69) is 46.8 Å². The SMILES string of the molecule is Nc1ccc(Br)c(-c2nc3ncc(Br)cc3[nH]2)c1. The van der Waals surface area contributed by atoms with Crippen molar-refractivity contribution >= 4 is 48.7 Å². The molecule has 0 atom stereocenters. The maximum Gasteiger partial charge on any atom is 0.178 e. The Kier molecular flexibility index (Phi) is 2.83. The van der Waals surface area contributed by atoms with Gasteiger partial charge in [-0.05, 0) is 40.2 Å². The van der Waals surface area contributed by atoms with Gasteiger partial charge >= 0.3 is 0 Å². The van der Waals surface area contributed by atoms with Crippen LogP contribution in [-0.4, -0.2) is 15.0 Å². The Morgan fingerprint density at radius 3 is 2.83 bits per heavy atom. The molecule has 0 fully saturated rings. The molecule has 1 aromatic carbocycles. The second-order valence-electron chi connectivity index (χ2n) is 3.85. The van der Waals surface area contributed by atoms with Gasteiger partial charge in [0.05, 0.1) is 5.52 Å². The second kappa shape index (κ2) is 4.37. The van der Waals surface area contributed by atoms with Crippen molar-refractivity contribution in [1.82, 2.24) is 15.0 Å². The minimum atomic E-state index is 0.683. The Morgan fingerprint density at radius 1 is 1.17 bits per heavy atom. The van der Waals surface area contributed by atoms with Crippen LogP contribution in [0.5, 0.6) is 0 Å². The molecule has 0 amide bonds. The first-order valence-corrected chi connectivity index (χ1v) is 6.79. The van der Waals surface area contributed by atoms with Gasteiger partial charge in [-0.1, -0.05) is 15.9 Å². The Balaban J connectivity index is 2.22. The van der Waals surface area contributed by atoms with Gasteiger partial charge in [0.25, 0.3) is 0 Å². The number of pyridine rings is 1. The summed E-state index contributed by atoms with van der Waals surface area (Å²) in [6.07, 6.45) is 1.72. The standard InChI is InChI=1S/C12H8Br2N4/c13-6-3-10-12(16-5-6)18-11(17-10)8-4-7(15)1-2-9(8)14/h1-5H,15H2,(H,16,17,18). The fourth-order valence-corrected chi connectivity index (χ4v) is 2.49. The van der Waals surface area contributed by atoms with Crippen molar-refractivity contribution < 1.29 is 0 Å². The van der Waals surface area contributed by atoms with E-state index in [-0.39, 0.29) is 0 Å². The number of nitrogen functional groups attached to an aromatic ring is 1. The summed E-state index contributed by atoms with van der Waals surface area (Å²) in [5.74, 6) is 0.745. The van der Waals surface area contributed by atoms with Crippen LogP contribution in [-0.2, 0) is 0 Å². The highest BCUT2D eigenvalue weighted by Gasteiger charge is 2.10. The molecule has 0 bridgehead atoms. The Morgan fingerprint density at radius 2 is 2.00 bits per heavy atom. The van der Waals surface area contributed by atoms with Gasteiger partial charge in [-0.25, -0.2) is 9.97 Å². The molecule has 0 spiro atoms. The quantitative estimate of drug-likeness (QED) is 0.644. The molecule has 90 valence electrons. The first-order valence-electron chi connectivity index (χ1n) is 5.20. The number of imidazole rings is 1. The highest BCUT2D eigenvalue weighted by molar-refractivity contribution is 9.10. The minimum absolute atomic E-state index is 0.683. The van der Waals surface area contributed by atoms with Crippen LogP contribution in [0.1, 0.15) is 0 Å². The fraction of sp³-hybridized carbons (Fsp3) is 0. The van der Waals surface area contributed by atoms with E-state index in [4.69, 9.17) is 5.73 Å². The van der Waals surface area contributed by atoms with Gasteiger partial charge in [-0.3, -0.25) is 0 Å². The topological polar surface area (TPSA) is 67.6 Å². The van der Waals surface area contributed by atoms with E-state index >= 15 is 0 Å². The Hall–Kier alpha value is -1.40. The predicted octanol–water partition coefficient (Wildman–Crippen LogP) is 3.73. The first kappa shape index (κ1) is 11.7. The van der Waals surface area contributed by atoms with Gasteiger partial charge in [0, 0.05) is 26.4 Å². The number of halogens is 2. The number of nitrogens with one attached hydrogen (secondary N) is 1. The van der Waals surface area contributed by atoms with Crippen LogP contribution < -0.4 is 5.73 Å². The third-order valence-electron chi connectivity index (χ3n) is 2.55. The van der Waals surface area contributed by atoms with Crippen LogP contribution in [0.4, 0.5) is 5.69 Å². The normalized spacial score (nSPS) is 11.0. The highest BCUT2D eigenvalue weighted by atomic mass is 79.9. The zero-order valence-electron chi connectivity index (χ0n) is 9.11. The Bertz CT molecular complexity index is 736. The van der Waals surface area contributed by atoms with Crippen LogP contribution >= 0.6 is 31.9 Å². The number of nitrogens with zero attached hydrogens (tertiary/aromatic N) is 2. The molecule has 0 unspecified atom stereocenters. The number of hydrogen-bond acceptors (Lipinski definition) is 3. The highest BCUT2D eigenvalue weighted by Crippen LogP contribution is 2.29. The molecule has 3 rings (SSSR count). The third kappa shape index (κ3) is 2.02. The van der Waals surface area contributed by atoms with Gasteiger partial charge < -0.3 is 10.7 Å². The Labute approximate surface area is 120 Å². The number of nitrogens with two attached hydrogens (primary N) is 1. The van der Waals surface area contributed by atoms with Crippen molar-refractivity contribution in [1.29, 1.82) is 0 Å². The number of hydrogen-bond donors (Lipinski definition) is 2. The predicted molar refractivity (Wildman–Crippen MR) is 79.1 cm³/mol. The first-order chi connectivity index (χ1) is 8.63. The number of fused-ring (bicyclic) bond motifs is 1. The molecule has 0 aliphatic carbocycles. The molecule has 2 aromatic heterocycles. The summed E-state index contributed by atoms with van der Waals surface area (Å²) >= 11 is 6.88. The third-order valence-corrected chi connectivity index (χ3v) is 3.67.